The Kier molecular flexibility index (Phi) is 8.71. The summed E-state index contributed by atoms with van der Waals surface area (Å²) in [6, 6.07) is 11.9. The molecule has 40 heavy (non-hydrogen) atoms. The van der Waals surface area contributed by atoms with Crippen LogP contribution >= 0.6 is 23.2 Å². The minimum Gasteiger partial charge on any atom is -0.544 e. The van der Waals surface area contributed by atoms with Gasteiger partial charge in [-0.2, -0.15) is 0 Å². The Bertz CT molecular complexity index is 1380. The molecule has 0 radical (unpaired) electrons. The second-order valence-corrected chi connectivity index (χ2v) is 17.4. The van der Waals surface area contributed by atoms with E-state index in [0.717, 1.165) is 5.75 Å². The fourth-order valence-electron chi connectivity index (χ4n) is 4.46. The highest BCUT2D eigenvalue weighted by Gasteiger charge is 2.39. The van der Waals surface area contributed by atoms with Crippen LogP contribution in [0.25, 0.3) is 17.1 Å². The molecule has 0 atom stereocenters. The van der Waals surface area contributed by atoms with Crippen molar-refractivity contribution in [2.75, 3.05) is 0 Å². The second-order valence-electron chi connectivity index (χ2n) is 11.8. The van der Waals surface area contributed by atoms with Crippen LogP contribution in [0.2, 0.25) is 28.2 Å². The second kappa shape index (κ2) is 11.4. The molecule has 1 saturated carbocycles. The summed E-state index contributed by atoms with van der Waals surface area (Å²) < 4.78 is 35.4. The van der Waals surface area contributed by atoms with Crippen LogP contribution in [0, 0.1) is 0 Å². The van der Waals surface area contributed by atoms with Gasteiger partial charge in [0.1, 0.15) is 11.6 Å². The van der Waals surface area contributed by atoms with Crippen molar-refractivity contribution in [3.05, 3.63) is 63.9 Å². The molecule has 1 amide bonds. The Morgan fingerprint density at radius 3 is 2.33 bits per heavy atom. The number of nitrogens with one attached hydrogen (secondary N) is 1. The summed E-state index contributed by atoms with van der Waals surface area (Å²) in [5.74, 6) is -2.19. The molecule has 0 spiro atoms. The van der Waals surface area contributed by atoms with E-state index in [1.54, 1.807) is 22.8 Å². The van der Waals surface area contributed by atoms with Crippen molar-refractivity contribution < 1.29 is 23.1 Å². The van der Waals surface area contributed by atoms with Crippen molar-refractivity contribution in [1.29, 1.82) is 0 Å². The minimum absolute atomic E-state index is 0.00227. The van der Waals surface area contributed by atoms with Crippen LogP contribution < -0.4 is 9.74 Å². The Balaban J connectivity index is 1.75. The topological polar surface area (TPSA) is 76.4 Å². The van der Waals surface area contributed by atoms with Crippen LogP contribution in [0.5, 0.6) is 5.75 Å². The molecule has 0 unspecified atom stereocenters. The maximum atomic E-state index is 13.6. The van der Waals surface area contributed by atoms with Crippen molar-refractivity contribution in [2.45, 2.75) is 83.2 Å². The molecule has 216 valence electrons. The standard InChI is InChI=1S/C29H35Cl2F2N3O3Si/c1-28(2,3)40(4,5)39-21-9-7-20(8-10-21)36-24(17-37)25(27(38)34-19-12-14-29(32,33)15-13-19)35-26(36)22-11-6-18(30)16-23(22)31/h6-11,16,19,37H,12-15,17H2,1-5H3,(H,34,38). The number of hydrogen-bond acceptors (Lipinski definition) is 4. The molecule has 0 saturated heterocycles. The molecular weight excluding hydrogens is 575 g/mol. The van der Waals surface area contributed by atoms with Gasteiger partial charge >= 0.3 is 0 Å². The number of aromatic nitrogens is 2. The van der Waals surface area contributed by atoms with Gasteiger partial charge in [0.15, 0.2) is 5.69 Å². The fraction of sp³-hybridized carbons (Fsp3) is 0.448. The first kappa shape index (κ1) is 30.5. The molecular formula is C29H35Cl2F2N3O3Si. The van der Waals surface area contributed by atoms with Crippen LogP contribution in [0.1, 0.15) is 62.6 Å². The maximum absolute atomic E-state index is 13.6. The van der Waals surface area contributed by atoms with E-state index in [1.807, 2.05) is 24.3 Å². The van der Waals surface area contributed by atoms with Gasteiger partial charge in [-0.15, -0.1) is 0 Å². The molecule has 4 rings (SSSR count). The smallest absolute Gasteiger partial charge is 0.272 e. The summed E-state index contributed by atoms with van der Waals surface area (Å²) in [5, 5.41) is 14.1. The summed E-state index contributed by atoms with van der Waals surface area (Å²) in [4.78, 5) is 18.0. The summed E-state index contributed by atoms with van der Waals surface area (Å²) in [6.07, 6.45) is -0.235. The SMILES string of the molecule is CC(C)(C)[Si](C)(C)Oc1ccc(-n2c(-c3ccc(Cl)cc3Cl)nc(C(=O)NC3CCC(F)(F)CC3)c2CO)cc1. The third-order valence-electron chi connectivity index (χ3n) is 7.84. The third kappa shape index (κ3) is 6.54. The van der Waals surface area contributed by atoms with Crippen LogP contribution in [-0.4, -0.2) is 40.8 Å². The third-order valence-corrected chi connectivity index (χ3v) is 12.7. The number of carbonyl (C=O) groups is 1. The lowest BCUT2D eigenvalue weighted by Crippen LogP contribution is -2.43. The highest BCUT2D eigenvalue weighted by molar-refractivity contribution is 6.74. The van der Waals surface area contributed by atoms with Gasteiger partial charge in [0.05, 0.1) is 17.3 Å². The molecule has 1 heterocycles. The van der Waals surface area contributed by atoms with E-state index in [-0.39, 0.29) is 42.1 Å². The quantitative estimate of drug-likeness (QED) is 0.266. The van der Waals surface area contributed by atoms with Gasteiger partial charge in [-0.25, -0.2) is 13.8 Å². The van der Waals surface area contributed by atoms with Crippen molar-refractivity contribution >= 4 is 37.4 Å². The number of amides is 1. The number of alkyl halides is 2. The highest BCUT2D eigenvalue weighted by atomic mass is 35.5. The summed E-state index contributed by atoms with van der Waals surface area (Å²) >= 11 is 12.7. The summed E-state index contributed by atoms with van der Waals surface area (Å²) in [7, 11) is -2.07. The minimum atomic E-state index is -2.71. The molecule has 0 bridgehead atoms. The molecule has 2 N–H and O–H groups in total. The normalized spacial score (nSPS) is 16.1. The molecule has 1 aromatic heterocycles. The molecule has 1 aliphatic carbocycles. The van der Waals surface area contributed by atoms with E-state index in [1.165, 1.54) is 0 Å². The van der Waals surface area contributed by atoms with Crippen LogP contribution in [0.3, 0.4) is 0 Å². The number of aliphatic hydroxyl groups excluding tert-OH is 1. The van der Waals surface area contributed by atoms with Crippen molar-refractivity contribution in [3.63, 3.8) is 0 Å². The van der Waals surface area contributed by atoms with Gasteiger partial charge in [0.25, 0.3) is 5.91 Å². The molecule has 1 aliphatic rings. The van der Waals surface area contributed by atoms with E-state index in [0.29, 0.717) is 27.1 Å². The molecule has 1 fully saturated rings. The molecule has 0 aliphatic heterocycles. The Morgan fingerprint density at radius 2 is 1.77 bits per heavy atom. The molecule has 3 aromatic rings. The average Bonchev–Trinajstić information content (AvgIpc) is 3.24. The van der Waals surface area contributed by atoms with Gasteiger partial charge in [-0.1, -0.05) is 44.0 Å². The van der Waals surface area contributed by atoms with E-state index in [9.17, 15) is 18.7 Å². The highest BCUT2D eigenvalue weighted by Crippen LogP contribution is 2.39. The van der Waals surface area contributed by atoms with E-state index in [2.05, 4.69) is 44.2 Å². The number of aliphatic hydroxyl groups is 1. The number of rotatable bonds is 7. The fourth-order valence-corrected chi connectivity index (χ4v) is 5.98. The lowest BCUT2D eigenvalue weighted by molar-refractivity contribution is -0.0399. The predicted octanol–water partition coefficient (Wildman–Crippen LogP) is 8.03. The molecule has 2 aromatic carbocycles. The average molecular weight is 611 g/mol. The first-order valence-electron chi connectivity index (χ1n) is 13.3. The van der Waals surface area contributed by atoms with Gasteiger partial charge < -0.3 is 14.8 Å². The van der Waals surface area contributed by atoms with Gasteiger partial charge in [0.2, 0.25) is 14.2 Å². The van der Waals surface area contributed by atoms with Gasteiger partial charge in [-0.05, 0) is 73.4 Å². The number of nitrogens with zero attached hydrogens (tertiary/aromatic N) is 2. The molecule has 11 heteroatoms. The van der Waals surface area contributed by atoms with Gasteiger partial charge in [-0.3, -0.25) is 9.36 Å². The Labute approximate surface area is 244 Å². The lowest BCUT2D eigenvalue weighted by atomic mass is 9.92. The zero-order valence-electron chi connectivity index (χ0n) is 23.3. The van der Waals surface area contributed by atoms with Crippen LogP contribution in [0.4, 0.5) is 8.78 Å². The number of hydrogen-bond donors (Lipinski definition) is 2. The first-order chi connectivity index (χ1) is 18.6. The predicted molar refractivity (Wildman–Crippen MR) is 157 cm³/mol. The molecule has 6 nitrogen and oxygen atoms in total. The number of halogens is 4. The van der Waals surface area contributed by atoms with Crippen molar-refractivity contribution in [3.8, 4) is 22.8 Å². The summed E-state index contributed by atoms with van der Waals surface area (Å²) in [5.41, 5.74) is 1.40. The maximum Gasteiger partial charge on any atom is 0.272 e. The number of benzene rings is 2. The van der Waals surface area contributed by atoms with Crippen molar-refractivity contribution in [1.82, 2.24) is 14.9 Å². The zero-order valence-corrected chi connectivity index (χ0v) is 25.8. The van der Waals surface area contributed by atoms with E-state index < -0.39 is 32.8 Å². The number of carbonyl (C=O) groups excluding carboxylic acids is 1. The summed E-state index contributed by atoms with van der Waals surface area (Å²) in [6.45, 7) is 10.3. The number of imidazole rings is 1. The Morgan fingerprint density at radius 1 is 1.15 bits per heavy atom. The van der Waals surface area contributed by atoms with Crippen molar-refractivity contribution in [2.24, 2.45) is 0 Å². The van der Waals surface area contributed by atoms with E-state index in [4.69, 9.17) is 27.6 Å². The van der Waals surface area contributed by atoms with Crippen LogP contribution in [0.15, 0.2) is 42.5 Å². The monoisotopic (exact) mass is 609 g/mol. The lowest BCUT2D eigenvalue weighted by Gasteiger charge is -2.36. The zero-order chi connectivity index (χ0) is 29.5. The first-order valence-corrected chi connectivity index (χ1v) is 16.9. The van der Waals surface area contributed by atoms with E-state index >= 15 is 0 Å². The Hall–Kier alpha value is -2.46. The largest absolute Gasteiger partial charge is 0.544 e. The van der Waals surface area contributed by atoms with Gasteiger partial charge in [0, 0.05) is 35.2 Å². The van der Waals surface area contributed by atoms with Crippen LogP contribution in [-0.2, 0) is 6.61 Å².